The zero-order valence-electron chi connectivity index (χ0n) is 20.0. The smallest absolute Gasteiger partial charge is 0.251 e. The second-order valence-corrected chi connectivity index (χ2v) is 8.47. The van der Waals surface area contributed by atoms with E-state index in [-0.39, 0.29) is 11.4 Å². The number of hydrogen-bond acceptors (Lipinski definition) is 6. The molecule has 8 nitrogen and oxygen atoms in total. The van der Waals surface area contributed by atoms with Crippen LogP contribution in [0.25, 0.3) is 10.9 Å². The fraction of sp³-hybridized carbons (Fsp3) is 0.360. The third-order valence-corrected chi connectivity index (χ3v) is 5.77. The van der Waals surface area contributed by atoms with Crippen LogP contribution >= 0.6 is 0 Å². The Bertz CT molecular complexity index is 1140. The predicted molar refractivity (Wildman–Crippen MR) is 132 cm³/mol. The molecule has 3 rings (SSSR count). The van der Waals surface area contributed by atoms with Crippen molar-refractivity contribution in [3.63, 3.8) is 0 Å². The number of halogens is 1. The van der Waals surface area contributed by atoms with Crippen molar-refractivity contribution < 1.29 is 14.0 Å². The molecule has 0 saturated carbocycles. The zero-order valence-corrected chi connectivity index (χ0v) is 20.0. The molecule has 0 saturated heterocycles. The molecule has 0 atom stereocenters. The van der Waals surface area contributed by atoms with E-state index in [4.69, 9.17) is 0 Å². The molecule has 2 N–H and O–H groups in total. The standard InChI is InChI=1S/C25H31FN6O2/c1-17(2)31(4)15-6-5-14-27-25(34)19-10-12-20(13-11-19)32(16-33)30-23-18(3)28-29-24-21(23)8-7-9-22(24)26/h7-13,16-17H,5-6,14-15H2,1-4H3,(H,27,34)(H,29,30). The number of carbonyl (C=O) groups is 2. The molecule has 2 amide bonds. The first-order valence-electron chi connectivity index (χ1n) is 11.3. The SMILES string of the molecule is Cc1nnc2c(F)cccc2c1NN(C=O)c1ccc(C(=O)NCCCCN(C)C(C)C)cc1. The third kappa shape index (κ3) is 6.05. The van der Waals surface area contributed by atoms with E-state index in [1.165, 1.54) is 11.1 Å². The number of nitrogens with one attached hydrogen (secondary N) is 2. The molecule has 0 fully saturated rings. The van der Waals surface area contributed by atoms with Crippen LogP contribution in [0.15, 0.2) is 42.5 Å². The lowest BCUT2D eigenvalue weighted by Gasteiger charge is -2.22. The van der Waals surface area contributed by atoms with E-state index >= 15 is 0 Å². The predicted octanol–water partition coefficient (Wildman–Crippen LogP) is 3.92. The van der Waals surface area contributed by atoms with Gasteiger partial charge in [0.2, 0.25) is 6.41 Å². The first-order valence-corrected chi connectivity index (χ1v) is 11.3. The molecule has 34 heavy (non-hydrogen) atoms. The Morgan fingerprint density at radius 2 is 1.85 bits per heavy atom. The minimum absolute atomic E-state index is 0.115. The van der Waals surface area contributed by atoms with Crippen LogP contribution in [-0.4, -0.2) is 53.6 Å². The van der Waals surface area contributed by atoms with E-state index in [1.807, 2.05) is 0 Å². The Hall–Kier alpha value is -3.59. The molecule has 2 aromatic carbocycles. The maximum absolute atomic E-state index is 14.1. The first kappa shape index (κ1) is 25.0. The van der Waals surface area contributed by atoms with Gasteiger partial charge >= 0.3 is 0 Å². The highest BCUT2D eigenvalue weighted by Crippen LogP contribution is 2.27. The van der Waals surface area contributed by atoms with Gasteiger partial charge < -0.3 is 10.2 Å². The lowest BCUT2D eigenvalue weighted by molar-refractivity contribution is -0.107. The van der Waals surface area contributed by atoms with E-state index in [1.54, 1.807) is 43.3 Å². The summed E-state index contributed by atoms with van der Waals surface area (Å²) in [7, 11) is 2.09. The van der Waals surface area contributed by atoms with Crippen molar-refractivity contribution in [1.29, 1.82) is 0 Å². The fourth-order valence-electron chi connectivity index (χ4n) is 3.42. The molecule has 0 aliphatic carbocycles. The number of nitrogens with zero attached hydrogens (tertiary/aromatic N) is 4. The van der Waals surface area contributed by atoms with Gasteiger partial charge in [-0.2, -0.15) is 5.10 Å². The fourth-order valence-corrected chi connectivity index (χ4v) is 3.42. The summed E-state index contributed by atoms with van der Waals surface area (Å²) in [6.07, 6.45) is 2.52. The number of hydrazine groups is 1. The minimum Gasteiger partial charge on any atom is -0.352 e. The largest absolute Gasteiger partial charge is 0.352 e. The highest BCUT2D eigenvalue weighted by molar-refractivity contribution is 5.96. The van der Waals surface area contributed by atoms with Crippen LogP contribution in [0.4, 0.5) is 15.8 Å². The molecule has 0 bridgehead atoms. The van der Waals surface area contributed by atoms with Gasteiger partial charge in [-0.05, 0) is 77.5 Å². The van der Waals surface area contributed by atoms with Gasteiger partial charge in [0.05, 0.1) is 17.1 Å². The quantitative estimate of drug-likeness (QED) is 0.253. The molecule has 0 unspecified atom stereocenters. The van der Waals surface area contributed by atoms with Crippen molar-refractivity contribution in [3.8, 4) is 0 Å². The van der Waals surface area contributed by atoms with Gasteiger partial charge in [0.15, 0.2) is 5.82 Å². The molecule has 0 aliphatic heterocycles. The van der Waals surface area contributed by atoms with Gasteiger partial charge in [0, 0.05) is 23.5 Å². The van der Waals surface area contributed by atoms with Crippen LogP contribution in [0.2, 0.25) is 0 Å². The van der Waals surface area contributed by atoms with Crippen molar-refractivity contribution in [2.75, 3.05) is 30.6 Å². The molecule has 1 aromatic heterocycles. The summed E-state index contributed by atoms with van der Waals surface area (Å²) in [4.78, 5) is 26.5. The van der Waals surface area contributed by atoms with Crippen LogP contribution in [0.5, 0.6) is 0 Å². The number of aromatic nitrogens is 2. The van der Waals surface area contributed by atoms with Crippen LogP contribution < -0.4 is 15.8 Å². The number of hydrogen-bond donors (Lipinski definition) is 2. The second-order valence-electron chi connectivity index (χ2n) is 8.47. The highest BCUT2D eigenvalue weighted by atomic mass is 19.1. The third-order valence-electron chi connectivity index (χ3n) is 5.77. The van der Waals surface area contributed by atoms with Crippen molar-refractivity contribution in [3.05, 3.63) is 59.5 Å². The average molecular weight is 467 g/mol. The van der Waals surface area contributed by atoms with Gasteiger partial charge in [-0.1, -0.05) is 12.1 Å². The zero-order chi connectivity index (χ0) is 24.7. The lowest BCUT2D eigenvalue weighted by atomic mass is 10.1. The molecule has 180 valence electrons. The van der Waals surface area contributed by atoms with E-state index in [9.17, 15) is 14.0 Å². The van der Waals surface area contributed by atoms with Crippen LogP contribution in [0.1, 0.15) is 42.7 Å². The number of benzene rings is 2. The molecule has 1 heterocycles. The molecule has 9 heteroatoms. The second kappa shape index (κ2) is 11.5. The highest BCUT2D eigenvalue weighted by Gasteiger charge is 2.15. The van der Waals surface area contributed by atoms with Gasteiger partial charge in [0.1, 0.15) is 5.52 Å². The molecule has 0 spiro atoms. The Morgan fingerprint density at radius 3 is 2.53 bits per heavy atom. The summed E-state index contributed by atoms with van der Waals surface area (Å²) >= 11 is 0. The topological polar surface area (TPSA) is 90.5 Å². The Balaban J connectivity index is 1.63. The summed E-state index contributed by atoms with van der Waals surface area (Å²) in [6.45, 7) is 7.63. The molecule has 0 radical (unpaired) electrons. The summed E-state index contributed by atoms with van der Waals surface area (Å²) in [5.74, 6) is -0.655. The van der Waals surface area contributed by atoms with Crippen molar-refractivity contribution in [2.24, 2.45) is 0 Å². The number of aryl methyl sites for hydroxylation is 1. The number of rotatable bonds is 11. The Morgan fingerprint density at radius 1 is 1.12 bits per heavy atom. The van der Waals surface area contributed by atoms with Crippen LogP contribution in [-0.2, 0) is 4.79 Å². The van der Waals surface area contributed by atoms with Gasteiger partial charge in [0.25, 0.3) is 5.91 Å². The normalized spacial score (nSPS) is 11.1. The number of carbonyl (C=O) groups excluding carboxylic acids is 2. The van der Waals surface area contributed by atoms with Gasteiger partial charge in [-0.25, -0.2) is 9.40 Å². The van der Waals surface area contributed by atoms with E-state index in [0.717, 1.165) is 19.4 Å². The Kier molecular flexibility index (Phi) is 8.48. The molecule has 0 aliphatic rings. The summed E-state index contributed by atoms with van der Waals surface area (Å²) < 4.78 is 14.1. The van der Waals surface area contributed by atoms with Gasteiger partial charge in [-0.15, -0.1) is 5.10 Å². The Labute approximate surface area is 199 Å². The number of fused-ring (bicyclic) bond motifs is 1. The first-order chi connectivity index (χ1) is 16.3. The van der Waals surface area contributed by atoms with Crippen molar-refractivity contribution >= 4 is 34.6 Å². The van der Waals surface area contributed by atoms with E-state index < -0.39 is 5.82 Å². The summed E-state index contributed by atoms with van der Waals surface area (Å²) in [6, 6.07) is 11.7. The van der Waals surface area contributed by atoms with Crippen LogP contribution in [0.3, 0.4) is 0 Å². The van der Waals surface area contributed by atoms with Crippen molar-refractivity contribution in [2.45, 2.75) is 39.7 Å². The number of anilines is 2. The number of amides is 2. The maximum Gasteiger partial charge on any atom is 0.251 e. The minimum atomic E-state index is -0.493. The lowest BCUT2D eigenvalue weighted by Crippen LogP contribution is -2.29. The monoisotopic (exact) mass is 466 g/mol. The maximum atomic E-state index is 14.1. The van der Waals surface area contributed by atoms with Crippen LogP contribution in [0, 0.1) is 12.7 Å². The summed E-state index contributed by atoms with van der Waals surface area (Å²) in [5.41, 5.74) is 5.11. The van der Waals surface area contributed by atoms with Crippen molar-refractivity contribution in [1.82, 2.24) is 20.4 Å². The summed E-state index contributed by atoms with van der Waals surface area (Å²) in [5, 5.41) is 12.6. The van der Waals surface area contributed by atoms with E-state index in [2.05, 4.69) is 46.7 Å². The molecule has 3 aromatic rings. The van der Waals surface area contributed by atoms with E-state index in [0.29, 0.717) is 47.0 Å². The molecular formula is C25H31FN6O2. The number of unbranched alkanes of at least 4 members (excludes halogenated alkanes) is 1. The average Bonchev–Trinajstić information content (AvgIpc) is 2.83. The van der Waals surface area contributed by atoms with Gasteiger partial charge in [-0.3, -0.25) is 15.0 Å². The molecular weight excluding hydrogens is 435 g/mol.